The van der Waals surface area contributed by atoms with Gasteiger partial charge in [-0.25, -0.2) is 4.79 Å². The van der Waals surface area contributed by atoms with Gasteiger partial charge in [-0.3, -0.25) is 9.59 Å². The van der Waals surface area contributed by atoms with Crippen LogP contribution in [-0.4, -0.2) is 27.9 Å². The summed E-state index contributed by atoms with van der Waals surface area (Å²) in [7, 11) is 0. The number of anilines is 1. The Labute approximate surface area is 142 Å². The van der Waals surface area contributed by atoms with Gasteiger partial charge >= 0.3 is 5.97 Å². The molecule has 0 saturated carbocycles. The van der Waals surface area contributed by atoms with E-state index in [9.17, 15) is 19.5 Å². The van der Waals surface area contributed by atoms with Gasteiger partial charge in [-0.1, -0.05) is 11.6 Å². The summed E-state index contributed by atoms with van der Waals surface area (Å²) in [6.45, 7) is 0. The monoisotopic (exact) mass is 347 g/mol. The van der Waals surface area contributed by atoms with E-state index in [1.54, 1.807) is 24.3 Å². The van der Waals surface area contributed by atoms with Crippen LogP contribution in [0.25, 0.3) is 0 Å². The molecule has 0 saturated heterocycles. The number of carbonyl (C=O) groups excluding carboxylic acids is 2. The van der Waals surface area contributed by atoms with Crippen LogP contribution in [0.4, 0.5) is 5.69 Å². The Balaban J connectivity index is 1.96. The number of nitrogens with one attached hydrogen (secondary N) is 1. The molecule has 0 spiro atoms. The minimum Gasteiger partial charge on any atom is -0.506 e. The molecule has 1 amide bonds. The second kappa shape index (κ2) is 7.61. The molecule has 0 aliphatic carbocycles. The third-order valence-electron chi connectivity index (χ3n) is 3.26. The fourth-order valence-corrected chi connectivity index (χ4v) is 2.12. The molecule has 24 heavy (non-hydrogen) atoms. The summed E-state index contributed by atoms with van der Waals surface area (Å²) >= 11 is 5.74. The first-order valence-corrected chi connectivity index (χ1v) is 7.39. The maximum Gasteiger partial charge on any atom is 0.335 e. The van der Waals surface area contributed by atoms with Crippen molar-refractivity contribution in [1.29, 1.82) is 0 Å². The summed E-state index contributed by atoms with van der Waals surface area (Å²) in [6.07, 6.45) is -0.120. The topological polar surface area (TPSA) is 104 Å². The summed E-state index contributed by atoms with van der Waals surface area (Å²) in [4.78, 5) is 34.8. The molecular formula is C17H14ClNO5. The number of amides is 1. The van der Waals surface area contributed by atoms with Crippen LogP contribution < -0.4 is 5.32 Å². The molecule has 2 aromatic carbocycles. The first-order chi connectivity index (χ1) is 11.4. The minimum atomic E-state index is -1.18. The second-order valence-corrected chi connectivity index (χ2v) is 5.45. The number of carboxylic acid groups (broad SMARTS) is 1. The number of aromatic carboxylic acids is 1. The highest BCUT2D eigenvalue weighted by molar-refractivity contribution is 6.30. The van der Waals surface area contributed by atoms with E-state index in [1.807, 2.05) is 0 Å². The van der Waals surface area contributed by atoms with Crippen LogP contribution in [0.15, 0.2) is 42.5 Å². The van der Waals surface area contributed by atoms with E-state index in [-0.39, 0.29) is 35.6 Å². The van der Waals surface area contributed by atoms with Crippen LogP contribution in [0.5, 0.6) is 5.75 Å². The summed E-state index contributed by atoms with van der Waals surface area (Å²) in [5, 5.41) is 21.5. The SMILES string of the molecule is O=C(CCC(=O)c1ccc(Cl)cc1)Nc1cc(C(=O)O)ccc1O. The van der Waals surface area contributed by atoms with Crippen molar-refractivity contribution < 1.29 is 24.6 Å². The number of hydrogen-bond acceptors (Lipinski definition) is 4. The average molecular weight is 348 g/mol. The molecule has 0 unspecified atom stereocenters. The zero-order valence-electron chi connectivity index (χ0n) is 12.5. The predicted octanol–water partition coefficient (Wildman–Crippen LogP) is 3.35. The van der Waals surface area contributed by atoms with Crippen molar-refractivity contribution >= 4 is 34.9 Å². The number of benzene rings is 2. The maximum atomic E-state index is 12.0. The summed E-state index contributed by atoms with van der Waals surface area (Å²) in [6, 6.07) is 9.87. The first kappa shape index (κ1) is 17.5. The van der Waals surface area contributed by atoms with E-state index in [0.29, 0.717) is 10.6 Å². The Morgan fingerprint density at radius 2 is 1.58 bits per heavy atom. The second-order valence-electron chi connectivity index (χ2n) is 5.02. The number of carboxylic acids is 1. The van der Waals surface area contributed by atoms with Gasteiger partial charge in [0.05, 0.1) is 11.3 Å². The number of aromatic hydroxyl groups is 1. The van der Waals surface area contributed by atoms with Gasteiger partial charge < -0.3 is 15.5 Å². The van der Waals surface area contributed by atoms with Crippen molar-refractivity contribution in [2.45, 2.75) is 12.8 Å². The molecule has 6 nitrogen and oxygen atoms in total. The van der Waals surface area contributed by atoms with Crippen LogP contribution in [0.3, 0.4) is 0 Å². The molecule has 7 heteroatoms. The third kappa shape index (κ3) is 4.57. The van der Waals surface area contributed by atoms with Crippen molar-refractivity contribution in [3.05, 3.63) is 58.6 Å². The number of ketones is 1. The van der Waals surface area contributed by atoms with Crippen LogP contribution in [0.1, 0.15) is 33.6 Å². The number of rotatable bonds is 6. The van der Waals surface area contributed by atoms with Gasteiger partial charge in [0.2, 0.25) is 5.91 Å². The standard InChI is InChI=1S/C17H14ClNO5/c18-12-4-1-10(2-5-12)14(20)7-8-16(22)19-13-9-11(17(23)24)3-6-15(13)21/h1-6,9,21H,7-8H2,(H,19,22)(H,23,24). The quantitative estimate of drug-likeness (QED) is 0.549. The van der Waals surface area contributed by atoms with Gasteiger partial charge in [0, 0.05) is 23.4 Å². The number of phenols is 1. The van der Waals surface area contributed by atoms with E-state index < -0.39 is 11.9 Å². The molecule has 2 rings (SSSR count). The smallest absolute Gasteiger partial charge is 0.335 e. The average Bonchev–Trinajstić information content (AvgIpc) is 2.55. The molecule has 124 valence electrons. The molecular weight excluding hydrogens is 334 g/mol. The lowest BCUT2D eigenvalue weighted by molar-refractivity contribution is -0.116. The first-order valence-electron chi connectivity index (χ1n) is 7.02. The van der Waals surface area contributed by atoms with Gasteiger partial charge in [-0.15, -0.1) is 0 Å². The van der Waals surface area contributed by atoms with Crippen molar-refractivity contribution in [1.82, 2.24) is 0 Å². The van der Waals surface area contributed by atoms with Gasteiger partial charge in [-0.2, -0.15) is 0 Å². The fourth-order valence-electron chi connectivity index (χ4n) is 1.99. The Hall–Kier alpha value is -2.86. The summed E-state index contributed by atoms with van der Waals surface area (Å²) < 4.78 is 0. The lowest BCUT2D eigenvalue weighted by Crippen LogP contribution is -2.14. The Bertz CT molecular complexity index is 786. The number of Topliss-reactive ketones (excluding diaryl/α,β-unsaturated/α-hetero) is 1. The molecule has 0 aliphatic heterocycles. The molecule has 0 radical (unpaired) electrons. The number of halogens is 1. The molecule has 0 atom stereocenters. The van der Waals surface area contributed by atoms with Crippen molar-refractivity contribution in [3.8, 4) is 5.75 Å². The molecule has 0 aliphatic rings. The highest BCUT2D eigenvalue weighted by atomic mass is 35.5. The lowest BCUT2D eigenvalue weighted by Gasteiger charge is -2.08. The number of hydrogen-bond donors (Lipinski definition) is 3. The van der Waals surface area contributed by atoms with Crippen LogP contribution in [0.2, 0.25) is 5.02 Å². The zero-order valence-corrected chi connectivity index (χ0v) is 13.2. The molecule has 0 fully saturated rings. The van der Waals surface area contributed by atoms with Gasteiger partial charge in [0.15, 0.2) is 5.78 Å². The normalized spacial score (nSPS) is 10.2. The molecule has 0 heterocycles. The highest BCUT2D eigenvalue weighted by Gasteiger charge is 2.13. The summed E-state index contributed by atoms with van der Waals surface area (Å²) in [5.74, 6) is -2.15. The van der Waals surface area contributed by atoms with Crippen molar-refractivity contribution in [2.75, 3.05) is 5.32 Å². The predicted molar refractivity (Wildman–Crippen MR) is 88.7 cm³/mol. The van der Waals surface area contributed by atoms with Gasteiger partial charge in [-0.05, 0) is 42.5 Å². The molecule has 3 N–H and O–H groups in total. The maximum absolute atomic E-state index is 12.0. The van der Waals surface area contributed by atoms with E-state index in [0.717, 1.165) is 6.07 Å². The third-order valence-corrected chi connectivity index (χ3v) is 3.51. The van der Waals surface area contributed by atoms with Gasteiger partial charge in [0.1, 0.15) is 5.75 Å². The lowest BCUT2D eigenvalue weighted by atomic mass is 10.1. The number of carbonyl (C=O) groups is 3. The van der Waals surface area contributed by atoms with Crippen LogP contribution in [-0.2, 0) is 4.79 Å². The Morgan fingerprint density at radius 3 is 2.21 bits per heavy atom. The van der Waals surface area contributed by atoms with Crippen LogP contribution >= 0.6 is 11.6 Å². The van der Waals surface area contributed by atoms with Crippen molar-refractivity contribution in [2.24, 2.45) is 0 Å². The van der Waals surface area contributed by atoms with E-state index in [2.05, 4.69) is 5.32 Å². The Kier molecular flexibility index (Phi) is 5.55. The highest BCUT2D eigenvalue weighted by Crippen LogP contribution is 2.24. The van der Waals surface area contributed by atoms with E-state index in [1.165, 1.54) is 12.1 Å². The molecule has 2 aromatic rings. The zero-order chi connectivity index (χ0) is 17.7. The van der Waals surface area contributed by atoms with Gasteiger partial charge in [0.25, 0.3) is 0 Å². The molecule has 0 aromatic heterocycles. The molecule has 0 bridgehead atoms. The Morgan fingerprint density at radius 1 is 0.958 bits per heavy atom. The fraction of sp³-hybridized carbons (Fsp3) is 0.118. The van der Waals surface area contributed by atoms with Crippen molar-refractivity contribution in [3.63, 3.8) is 0 Å². The summed E-state index contributed by atoms with van der Waals surface area (Å²) in [5.41, 5.74) is 0.363. The number of phenolic OH excluding ortho intramolecular Hbond substituents is 1. The van der Waals surface area contributed by atoms with E-state index in [4.69, 9.17) is 16.7 Å². The van der Waals surface area contributed by atoms with E-state index >= 15 is 0 Å². The van der Waals surface area contributed by atoms with Crippen LogP contribution in [0, 0.1) is 0 Å². The largest absolute Gasteiger partial charge is 0.506 e. The minimum absolute atomic E-state index is 0.0150.